The molecule has 0 aliphatic carbocycles. The molecular weight excluding hydrogens is 486 g/mol. The molecule has 0 radical (unpaired) electrons. The molecule has 0 aliphatic heterocycles. The third-order valence-corrected chi connectivity index (χ3v) is 5.84. The molecular formula is C34H37NO4. The van der Waals surface area contributed by atoms with Crippen molar-refractivity contribution in [3.05, 3.63) is 107 Å². The van der Waals surface area contributed by atoms with Gasteiger partial charge in [-0.25, -0.2) is 4.79 Å². The van der Waals surface area contributed by atoms with E-state index in [-0.39, 0.29) is 18.9 Å². The molecule has 2 aromatic carbocycles. The number of benzene rings is 2. The van der Waals surface area contributed by atoms with Crippen molar-refractivity contribution in [2.75, 3.05) is 20.3 Å². The molecule has 0 atom stereocenters. The number of amides is 1. The van der Waals surface area contributed by atoms with Crippen LogP contribution < -0.4 is 0 Å². The Morgan fingerprint density at radius 1 is 1.03 bits per heavy atom. The second kappa shape index (κ2) is 17.9. The summed E-state index contributed by atoms with van der Waals surface area (Å²) in [6.07, 6.45) is 16.0. The predicted octanol–water partition coefficient (Wildman–Crippen LogP) is 5.99. The van der Waals surface area contributed by atoms with Crippen molar-refractivity contribution in [2.24, 2.45) is 0 Å². The number of unbranched alkanes of at least 4 members (excludes halogenated alkanes) is 1. The Morgan fingerprint density at radius 3 is 2.23 bits per heavy atom. The minimum atomic E-state index is -0.466. The minimum absolute atomic E-state index is 0.0436. The molecule has 5 nitrogen and oxygen atoms in total. The molecule has 0 saturated carbocycles. The van der Waals surface area contributed by atoms with Crippen LogP contribution in [0.1, 0.15) is 54.9 Å². The van der Waals surface area contributed by atoms with E-state index in [1.165, 1.54) is 31.8 Å². The van der Waals surface area contributed by atoms with Crippen LogP contribution in [0, 0.1) is 24.2 Å². The number of hydrogen-bond acceptors (Lipinski definition) is 4. The summed E-state index contributed by atoms with van der Waals surface area (Å²) in [5, 5.41) is 0. The fraction of sp³-hybridized carbons (Fsp3) is 0.294. The van der Waals surface area contributed by atoms with Gasteiger partial charge in [-0.2, -0.15) is 0 Å². The Kier molecular flexibility index (Phi) is 14.1. The van der Waals surface area contributed by atoms with Gasteiger partial charge >= 0.3 is 5.97 Å². The standard InChI is InChI=1S/C34H37NO4/c1-5-8-11-29-14-16-30(17-15-29)18-19-31-20-22-32(23-21-31)26-35(33(36)13-9-6-2)25-28(7-3)12-10-24-39-27-34(37)38-4/h2,7,10,12,14-17,20-24H,3,5,8-9,11,13,25-27H2,1,4H3/b24-10+,28-12+. The quantitative estimate of drug-likeness (QED) is 0.132. The summed E-state index contributed by atoms with van der Waals surface area (Å²) in [5.41, 5.74) is 5.02. The average molecular weight is 524 g/mol. The van der Waals surface area contributed by atoms with Gasteiger partial charge in [0, 0.05) is 37.1 Å². The number of rotatable bonds is 14. The zero-order chi connectivity index (χ0) is 28.3. The van der Waals surface area contributed by atoms with Crippen LogP contribution in [0.2, 0.25) is 0 Å². The highest BCUT2D eigenvalue weighted by molar-refractivity contribution is 5.77. The lowest BCUT2D eigenvalue weighted by molar-refractivity contribution is -0.144. The summed E-state index contributed by atoms with van der Waals surface area (Å²) in [7, 11) is 1.30. The van der Waals surface area contributed by atoms with Crippen LogP contribution in [-0.4, -0.2) is 37.0 Å². The van der Waals surface area contributed by atoms with E-state index >= 15 is 0 Å². The maximum absolute atomic E-state index is 12.9. The molecule has 0 spiro atoms. The lowest BCUT2D eigenvalue weighted by atomic mass is 10.1. The Hall–Kier alpha value is -4.48. The highest BCUT2D eigenvalue weighted by atomic mass is 16.6. The number of hydrogen-bond donors (Lipinski definition) is 0. The summed E-state index contributed by atoms with van der Waals surface area (Å²) >= 11 is 0. The van der Waals surface area contributed by atoms with Gasteiger partial charge in [0.2, 0.25) is 5.91 Å². The molecule has 202 valence electrons. The van der Waals surface area contributed by atoms with Crippen molar-refractivity contribution in [2.45, 2.75) is 45.6 Å². The number of nitrogens with zero attached hydrogens (tertiary/aromatic N) is 1. The molecule has 0 aromatic heterocycles. The molecule has 2 aromatic rings. The summed E-state index contributed by atoms with van der Waals surface area (Å²) in [4.78, 5) is 25.8. The number of carbonyl (C=O) groups is 2. The van der Waals surface area contributed by atoms with Gasteiger partial charge in [0.05, 0.1) is 13.4 Å². The SMILES string of the molecule is C#CCCC(=O)N(C/C(C=C)=C/C=C/OCC(=O)OC)Cc1ccc(C#Cc2ccc(CCCC)cc2)cc1. The Bertz CT molecular complexity index is 1240. The number of terminal acetylenes is 1. The van der Waals surface area contributed by atoms with E-state index in [2.05, 4.69) is 60.3 Å². The number of ether oxygens (including phenoxy) is 2. The first-order chi connectivity index (χ1) is 19.0. The fourth-order valence-corrected chi connectivity index (χ4v) is 3.56. The first kappa shape index (κ1) is 30.7. The van der Waals surface area contributed by atoms with Crippen molar-refractivity contribution in [3.63, 3.8) is 0 Å². The van der Waals surface area contributed by atoms with Crippen molar-refractivity contribution < 1.29 is 19.1 Å². The van der Waals surface area contributed by atoms with E-state index in [4.69, 9.17) is 11.2 Å². The lowest BCUT2D eigenvalue weighted by Gasteiger charge is -2.23. The monoisotopic (exact) mass is 523 g/mol. The van der Waals surface area contributed by atoms with Crippen molar-refractivity contribution in [1.29, 1.82) is 0 Å². The van der Waals surface area contributed by atoms with Gasteiger partial charge in [-0.3, -0.25) is 4.79 Å². The van der Waals surface area contributed by atoms with E-state index in [0.717, 1.165) is 28.7 Å². The van der Waals surface area contributed by atoms with Crippen LogP contribution in [-0.2, 0) is 32.0 Å². The van der Waals surface area contributed by atoms with Crippen molar-refractivity contribution >= 4 is 11.9 Å². The Balaban J connectivity index is 2.07. The van der Waals surface area contributed by atoms with Gasteiger partial charge in [-0.1, -0.05) is 68.2 Å². The smallest absolute Gasteiger partial charge is 0.343 e. The number of aryl methyl sites for hydroxylation is 1. The molecule has 1 amide bonds. The topological polar surface area (TPSA) is 55.8 Å². The van der Waals surface area contributed by atoms with Gasteiger partial charge in [-0.05, 0) is 59.9 Å². The molecule has 0 unspecified atom stereocenters. The lowest BCUT2D eigenvalue weighted by Crippen LogP contribution is -2.32. The second-order valence-corrected chi connectivity index (χ2v) is 8.86. The van der Waals surface area contributed by atoms with Crippen LogP contribution in [0.3, 0.4) is 0 Å². The van der Waals surface area contributed by atoms with E-state index < -0.39 is 5.97 Å². The fourth-order valence-electron chi connectivity index (χ4n) is 3.56. The Morgan fingerprint density at radius 2 is 1.67 bits per heavy atom. The van der Waals surface area contributed by atoms with Gasteiger partial charge in [0.15, 0.2) is 6.61 Å². The van der Waals surface area contributed by atoms with Crippen molar-refractivity contribution in [1.82, 2.24) is 4.90 Å². The van der Waals surface area contributed by atoms with E-state index in [9.17, 15) is 9.59 Å². The first-order valence-corrected chi connectivity index (χ1v) is 13.1. The van der Waals surface area contributed by atoms with E-state index in [0.29, 0.717) is 19.5 Å². The number of esters is 1. The molecule has 5 heteroatoms. The van der Waals surface area contributed by atoms with E-state index in [1.807, 2.05) is 24.3 Å². The number of carbonyl (C=O) groups excluding carboxylic acids is 2. The molecule has 0 N–H and O–H groups in total. The van der Waals surface area contributed by atoms with Crippen LogP contribution >= 0.6 is 0 Å². The van der Waals surface area contributed by atoms with E-state index in [1.54, 1.807) is 23.1 Å². The molecule has 0 bridgehead atoms. The van der Waals surface area contributed by atoms with Gasteiger partial charge in [0.25, 0.3) is 0 Å². The Labute approximate surface area is 233 Å². The van der Waals surface area contributed by atoms with Crippen LogP contribution in [0.4, 0.5) is 0 Å². The zero-order valence-corrected chi connectivity index (χ0v) is 22.9. The van der Waals surface area contributed by atoms with Crippen molar-refractivity contribution in [3.8, 4) is 24.2 Å². The van der Waals surface area contributed by atoms with Crippen LogP contribution in [0.15, 0.2) is 85.2 Å². The molecule has 2 rings (SSSR count). The number of methoxy groups -OCH3 is 1. The summed E-state index contributed by atoms with van der Waals surface area (Å²) < 4.78 is 9.64. The maximum Gasteiger partial charge on any atom is 0.343 e. The van der Waals surface area contributed by atoms with Crippen LogP contribution in [0.25, 0.3) is 0 Å². The third kappa shape index (κ3) is 12.1. The average Bonchev–Trinajstić information content (AvgIpc) is 2.97. The second-order valence-electron chi connectivity index (χ2n) is 8.86. The highest BCUT2D eigenvalue weighted by Crippen LogP contribution is 2.13. The maximum atomic E-state index is 12.9. The molecule has 0 heterocycles. The van der Waals surface area contributed by atoms with Crippen LogP contribution in [0.5, 0.6) is 0 Å². The molecule has 0 fully saturated rings. The van der Waals surface area contributed by atoms with Gasteiger partial charge in [0.1, 0.15) is 0 Å². The summed E-state index contributed by atoms with van der Waals surface area (Å²) in [5.74, 6) is 8.46. The largest absolute Gasteiger partial charge is 0.490 e. The summed E-state index contributed by atoms with van der Waals surface area (Å²) in [6.45, 7) is 6.65. The first-order valence-electron chi connectivity index (χ1n) is 13.1. The highest BCUT2D eigenvalue weighted by Gasteiger charge is 2.14. The molecule has 0 aliphatic rings. The number of allylic oxidation sites excluding steroid dienone is 2. The predicted molar refractivity (Wildman–Crippen MR) is 156 cm³/mol. The molecule has 39 heavy (non-hydrogen) atoms. The zero-order valence-electron chi connectivity index (χ0n) is 22.9. The normalized spacial score (nSPS) is 10.7. The van der Waals surface area contributed by atoms with Gasteiger partial charge < -0.3 is 14.4 Å². The summed E-state index contributed by atoms with van der Waals surface area (Å²) in [6, 6.07) is 16.3. The van der Waals surface area contributed by atoms with Gasteiger partial charge in [-0.15, -0.1) is 12.3 Å². The molecule has 0 saturated heterocycles. The minimum Gasteiger partial charge on any atom is -0.490 e. The third-order valence-electron chi connectivity index (χ3n) is 5.84.